The smallest absolute Gasteiger partial charge is 0.410 e. The van der Waals surface area contributed by atoms with Crippen LogP contribution in [0.5, 0.6) is 5.75 Å². The lowest BCUT2D eigenvalue weighted by molar-refractivity contribution is -0.130. The lowest BCUT2D eigenvalue weighted by atomic mass is 10.00. The lowest BCUT2D eigenvalue weighted by Gasteiger charge is -2.30. The van der Waals surface area contributed by atoms with Crippen molar-refractivity contribution in [3.8, 4) is 5.75 Å². The number of nitrogens with two attached hydrogens (primary N) is 1. The van der Waals surface area contributed by atoms with E-state index in [1.165, 1.54) is 36.9 Å². The number of methoxy groups -OCH3 is 1. The van der Waals surface area contributed by atoms with Gasteiger partial charge in [-0.15, -0.1) is 0 Å². The van der Waals surface area contributed by atoms with Crippen molar-refractivity contribution in [1.82, 2.24) is 10.2 Å². The number of rotatable bonds is 11. The van der Waals surface area contributed by atoms with Gasteiger partial charge in [0.1, 0.15) is 23.4 Å². The van der Waals surface area contributed by atoms with Crippen molar-refractivity contribution in [3.05, 3.63) is 65.7 Å². The molecule has 0 bridgehead atoms. The minimum Gasteiger partial charge on any atom is -0.496 e. The SMILES string of the molecule is COc1ccc2cc(C(=O)O)ccc2c1CN1C(=O)[C@@H](NC(=O)[C@H](C)N(C)C(=O)OC(C)(C)C)CN(C(=O)CCCCN)c2ccccc21. The van der Waals surface area contributed by atoms with Crippen LogP contribution in [0.25, 0.3) is 10.8 Å². The lowest BCUT2D eigenvalue weighted by Crippen LogP contribution is -2.57. The number of benzene rings is 3. The standard InChI is InChI=1S/C36H45N5O8/c1-22(39(5)35(47)49-36(2,3)4)32(43)38-27-21-40(31(42)13-9-10-18-37)28-11-7-8-12-29(28)41(33(27)44)20-26-25-16-14-24(34(45)46)19-23(25)15-17-30(26)48-6/h7-8,11-12,14-17,19,22,27H,9-10,13,18,20-21,37H2,1-6H3,(H,38,43)(H,45,46)/t22-,27-/m0/s1. The van der Waals surface area contributed by atoms with Crippen LogP contribution in [-0.4, -0.2) is 84.7 Å². The number of fused-ring (bicyclic) bond motifs is 2. The van der Waals surface area contributed by atoms with E-state index in [1.54, 1.807) is 69.3 Å². The number of anilines is 2. The van der Waals surface area contributed by atoms with Crippen LogP contribution in [0.15, 0.2) is 54.6 Å². The van der Waals surface area contributed by atoms with Crippen LogP contribution in [0.3, 0.4) is 0 Å². The maximum atomic E-state index is 14.6. The molecule has 0 fully saturated rings. The highest BCUT2D eigenvalue weighted by Gasteiger charge is 2.38. The van der Waals surface area contributed by atoms with Crippen molar-refractivity contribution in [2.24, 2.45) is 5.73 Å². The molecule has 1 aliphatic rings. The van der Waals surface area contributed by atoms with Gasteiger partial charge in [0.2, 0.25) is 11.8 Å². The number of hydrogen-bond acceptors (Lipinski definition) is 8. The Morgan fingerprint density at radius 3 is 2.39 bits per heavy atom. The number of hydrogen-bond donors (Lipinski definition) is 3. The molecular weight excluding hydrogens is 630 g/mol. The zero-order valence-corrected chi connectivity index (χ0v) is 28.8. The van der Waals surface area contributed by atoms with E-state index >= 15 is 0 Å². The number of nitrogens with one attached hydrogen (secondary N) is 1. The number of carboxylic acids is 1. The highest BCUT2D eigenvalue weighted by molar-refractivity contribution is 6.08. The van der Waals surface area contributed by atoms with Gasteiger partial charge < -0.3 is 35.4 Å². The molecule has 4 rings (SSSR count). The van der Waals surface area contributed by atoms with E-state index in [9.17, 15) is 29.1 Å². The molecule has 13 heteroatoms. The Bertz CT molecular complexity index is 1740. The van der Waals surface area contributed by atoms with E-state index in [-0.39, 0.29) is 31.0 Å². The molecule has 3 aromatic carbocycles. The molecule has 4 amide bonds. The predicted octanol–water partition coefficient (Wildman–Crippen LogP) is 4.30. The second-order valence-electron chi connectivity index (χ2n) is 13.0. The summed E-state index contributed by atoms with van der Waals surface area (Å²) < 4.78 is 11.1. The summed E-state index contributed by atoms with van der Waals surface area (Å²) in [6, 6.07) is 12.9. The second-order valence-corrected chi connectivity index (χ2v) is 13.0. The van der Waals surface area contributed by atoms with Gasteiger partial charge in [0.05, 0.1) is 37.1 Å². The summed E-state index contributed by atoms with van der Waals surface area (Å²) in [5, 5.41) is 13.7. The first-order chi connectivity index (χ1) is 23.2. The van der Waals surface area contributed by atoms with Crippen molar-refractivity contribution >= 4 is 51.9 Å². The van der Waals surface area contributed by atoms with Crippen molar-refractivity contribution in [2.45, 2.75) is 71.2 Å². The minimum atomic E-state index is -1.20. The molecule has 0 saturated carbocycles. The quantitative estimate of drug-likeness (QED) is 0.251. The third kappa shape index (κ3) is 8.47. The van der Waals surface area contributed by atoms with Gasteiger partial charge in [-0.05, 0) is 88.2 Å². The fourth-order valence-corrected chi connectivity index (χ4v) is 5.63. The van der Waals surface area contributed by atoms with Gasteiger partial charge in [0.25, 0.3) is 5.91 Å². The molecule has 0 unspecified atom stereocenters. The fourth-order valence-electron chi connectivity index (χ4n) is 5.63. The van der Waals surface area contributed by atoms with Gasteiger partial charge in [-0.2, -0.15) is 0 Å². The van der Waals surface area contributed by atoms with Crippen LogP contribution < -0.4 is 25.6 Å². The second kappa shape index (κ2) is 15.4. The van der Waals surface area contributed by atoms with Gasteiger partial charge >= 0.3 is 12.1 Å². The number of ether oxygens (including phenoxy) is 2. The highest BCUT2D eigenvalue weighted by atomic mass is 16.6. The van der Waals surface area contributed by atoms with Crippen LogP contribution in [0, 0.1) is 0 Å². The van der Waals surface area contributed by atoms with Crippen LogP contribution in [-0.2, 0) is 25.7 Å². The number of nitrogens with zero attached hydrogens (tertiary/aromatic N) is 3. The monoisotopic (exact) mass is 675 g/mol. The first-order valence-electron chi connectivity index (χ1n) is 16.2. The Balaban J connectivity index is 1.78. The van der Waals surface area contributed by atoms with Crippen LogP contribution >= 0.6 is 0 Å². The summed E-state index contributed by atoms with van der Waals surface area (Å²) in [4.78, 5) is 70.6. The van der Waals surface area contributed by atoms with E-state index in [1.807, 2.05) is 0 Å². The van der Waals surface area contributed by atoms with Crippen molar-refractivity contribution in [1.29, 1.82) is 0 Å². The van der Waals surface area contributed by atoms with E-state index < -0.39 is 41.6 Å². The van der Waals surface area contributed by atoms with Crippen LogP contribution in [0.2, 0.25) is 0 Å². The van der Waals surface area contributed by atoms with Crippen molar-refractivity contribution < 1.29 is 38.6 Å². The Hall–Kier alpha value is -5.17. The third-order valence-corrected chi connectivity index (χ3v) is 8.37. The van der Waals surface area contributed by atoms with Crippen molar-refractivity contribution in [2.75, 3.05) is 37.0 Å². The fraction of sp³-hybridized carbons (Fsp3) is 0.417. The summed E-state index contributed by atoms with van der Waals surface area (Å²) in [5.41, 5.74) is 6.53. The number of carbonyl (C=O) groups excluding carboxylic acids is 4. The maximum absolute atomic E-state index is 14.6. The number of carbonyl (C=O) groups is 5. The molecule has 3 aromatic rings. The van der Waals surface area contributed by atoms with Gasteiger partial charge in [-0.1, -0.05) is 24.3 Å². The summed E-state index contributed by atoms with van der Waals surface area (Å²) in [5.74, 6) is -1.95. The Morgan fingerprint density at radius 2 is 1.76 bits per heavy atom. The predicted molar refractivity (Wildman–Crippen MR) is 186 cm³/mol. The zero-order valence-electron chi connectivity index (χ0n) is 28.8. The number of carboxylic acid groups (broad SMARTS) is 1. The Kier molecular flexibility index (Phi) is 11.5. The Morgan fingerprint density at radius 1 is 1.06 bits per heavy atom. The molecule has 1 heterocycles. The molecule has 0 aromatic heterocycles. The van der Waals surface area contributed by atoms with E-state index in [2.05, 4.69) is 5.32 Å². The summed E-state index contributed by atoms with van der Waals surface area (Å²) in [6.45, 7) is 6.92. The molecule has 0 spiro atoms. The Labute approximate surface area is 285 Å². The molecule has 13 nitrogen and oxygen atoms in total. The summed E-state index contributed by atoms with van der Waals surface area (Å²) >= 11 is 0. The average molecular weight is 676 g/mol. The van der Waals surface area contributed by atoms with Gasteiger partial charge in [-0.25, -0.2) is 9.59 Å². The van der Waals surface area contributed by atoms with Crippen LogP contribution in [0.1, 0.15) is 62.9 Å². The number of unbranched alkanes of at least 4 members (excludes halogenated alkanes) is 1. The molecule has 4 N–H and O–H groups in total. The number of likely N-dealkylation sites (N-methyl/N-ethyl adjacent to an activating group) is 1. The largest absolute Gasteiger partial charge is 0.496 e. The molecule has 0 saturated heterocycles. The van der Waals surface area contributed by atoms with Gasteiger partial charge in [0.15, 0.2) is 0 Å². The molecular formula is C36H45N5O8. The normalized spacial score (nSPS) is 15.2. The third-order valence-electron chi connectivity index (χ3n) is 8.37. The van der Waals surface area contributed by atoms with Gasteiger partial charge in [-0.3, -0.25) is 19.3 Å². The molecule has 0 radical (unpaired) electrons. The molecule has 49 heavy (non-hydrogen) atoms. The highest BCUT2D eigenvalue weighted by Crippen LogP contribution is 2.37. The summed E-state index contributed by atoms with van der Waals surface area (Å²) in [7, 11) is 2.94. The molecule has 262 valence electrons. The molecule has 1 aliphatic heterocycles. The first kappa shape index (κ1) is 36.7. The van der Waals surface area contributed by atoms with E-state index in [0.717, 1.165) is 4.90 Å². The van der Waals surface area contributed by atoms with Gasteiger partial charge in [0, 0.05) is 19.0 Å². The zero-order chi connectivity index (χ0) is 36.0. The minimum absolute atomic E-state index is 0.0300. The summed E-state index contributed by atoms with van der Waals surface area (Å²) in [6.07, 6.45) is 0.667. The average Bonchev–Trinajstić information content (AvgIpc) is 3.17. The topological polar surface area (TPSA) is 172 Å². The van der Waals surface area contributed by atoms with Crippen molar-refractivity contribution in [3.63, 3.8) is 0 Å². The number of para-hydroxylation sites is 2. The van der Waals surface area contributed by atoms with Crippen LogP contribution in [0.4, 0.5) is 16.2 Å². The first-order valence-corrected chi connectivity index (χ1v) is 16.2. The maximum Gasteiger partial charge on any atom is 0.410 e. The van der Waals surface area contributed by atoms with E-state index in [4.69, 9.17) is 15.2 Å². The number of amides is 4. The number of aromatic carboxylic acids is 1. The molecule has 0 aliphatic carbocycles. The molecule has 2 atom stereocenters. The van der Waals surface area contributed by atoms with E-state index in [0.29, 0.717) is 52.8 Å².